The number of phenolic OH excluding ortho intramolecular Hbond substituents is 2. The summed E-state index contributed by atoms with van der Waals surface area (Å²) >= 11 is 0. The van der Waals surface area contributed by atoms with E-state index in [9.17, 15) is 20.1 Å². The fourth-order valence-corrected chi connectivity index (χ4v) is 3.53. The minimum atomic E-state index is -1.14. The van der Waals surface area contributed by atoms with Crippen LogP contribution in [0.15, 0.2) is 39.1 Å². The van der Waals surface area contributed by atoms with Gasteiger partial charge in [-0.2, -0.15) is 0 Å². The number of allylic oxidation sites excluding steroid dienone is 2. The highest BCUT2D eigenvalue weighted by Gasteiger charge is 2.23. The molecule has 3 rings (SSSR count). The van der Waals surface area contributed by atoms with Crippen LogP contribution in [0.2, 0.25) is 0 Å². The molecule has 1 aromatic heterocycles. The Morgan fingerprint density at radius 2 is 1.75 bits per heavy atom. The van der Waals surface area contributed by atoms with Crippen LogP contribution in [0.3, 0.4) is 0 Å². The zero-order valence-corrected chi connectivity index (χ0v) is 19.1. The van der Waals surface area contributed by atoms with Gasteiger partial charge in [0.15, 0.2) is 11.5 Å². The fourth-order valence-electron chi connectivity index (χ4n) is 3.53. The summed E-state index contributed by atoms with van der Waals surface area (Å²) in [5.74, 6) is -0.0337. The summed E-state index contributed by atoms with van der Waals surface area (Å²) in [6, 6.07) is 2.82. The van der Waals surface area contributed by atoms with Gasteiger partial charge in [-0.25, -0.2) is 0 Å². The first-order valence-electron chi connectivity index (χ1n) is 10.1. The average molecular weight is 440 g/mol. The van der Waals surface area contributed by atoms with Crippen molar-refractivity contribution in [3.63, 3.8) is 0 Å². The molecule has 0 atom stereocenters. The number of rotatable bonds is 6. The van der Waals surface area contributed by atoms with Gasteiger partial charge in [0.2, 0.25) is 5.43 Å². The van der Waals surface area contributed by atoms with E-state index < -0.39 is 11.0 Å². The molecule has 170 valence electrons. The number of methoxy groups -OCH3 is 2. The topological polar surface area (TPSA) is 109 Å². The summed E-state index contributed by atoms with van der Waals surface area (Å²) in [7, 11) is 2.84. The van der Waals surface area contributed by atoms with Gasteiger partial charge >= 0.3 is 0 Å². The Bertz CT molecular complexity index is 1300. The molecule has 0 fully saturated rings. The number of benzene rings is 2. The molecular formula is C25H28O7. The second-order valence-electron chi connectivity index (χ2n) is 8.40. The highest BCUT2D eigenvalue weighted by Crippen LogP contribution is 2.41. The van der Waals surface area contributed by atoms with Crippen LogP contribution in [0.5, 0.6) is 23.0 Å². The zero-order chi connectivity index (χ0) is 23.8. The standard InChI is InChI=1S/C25H28O7/c1-13(2)7-8-15-20-18(11-16(26)24(15)31-6)32-19-12-17(30-5)14(9-10-25(3,4)29)22(27)21(19)23(20)28/h7,9-12,26-27,29H,8H2,1-6H3/b10-9-. The Labute approximate surface area is 185 Å². The number of ether oxygens (including phenoxy) is 2. The van der Waals surface area contributed by atoms with Gasteiger partial charge in [-0.3, -0.25) is 4.79 Å². The van der Waals surface area contributed by atoms with Gasteiger partial charge in [-0.05, 0) is 40.2 Å². The van der Waals surface area contributed by atoms with Gasteiger partial charge in [0.05, 0.1) is 30.8 Å². The van der Waals surface area contributed by atoms with Crippen molar-refractivity contribution in [1.29, 1.82) is 0 Å². The first-order valence-corrected chi connectivity index (χ1v) is 10.1. The maximum atomic E-state index is 13.6. The van der Waals surface area contributed by atoms with Gasteiger partial charge < -0.3 is 29.2 Å². The molecule has 3 aromatic rings. The van der Waals surface area contributed by atoms with Gasteiger partial charge in [0.25, 0.3) is 0 Å². The SMILES string of the molecule is COc1cc2oc3cc(O)c(OC)c(CC=C(C)C)c3c(=O)c2c(O)c1/C=C\C(C)(C)O. The first-order chi connectivity index (χ1) is 15.0. The monoisotopic (exact) mass is 440 g/mol. The highest BCUT2D eigenvalue weighted by molar-refractivity contribution is 5.99. The predicted octanol–water partition coefficient (Wildman–Crippen LogP) is 4.67. The van der Waals surface area contributed by atoms with Crippen molar-refractivity contribution in [2.45, 2.75) is 39.7 Å². The third-order valence-electron chi connectivity index (χ3n) is 5.06. The van der Waals surface area contributed by atoms with E-state index >= 15 is 0 Å². The van der Waals surface area contributed by atoms with Crippen LogP contribution in [-0.4, -0.2) is 35.1 Å². The maximum Gasteiger partial charge on any atom is 0.204 e. The molecule has 7 nitrogen and oxygen atoms in total. The number of aromatic hydroxyl groups is 2. The Balaban J connectivity index is 2.48. The second kappa shape index (κ2) is 8.59. The molecule has 0 saturated carbocycles. The summed E-state index contributed by atoms with van der Waals surface area (Å²) in [6.07, 6.45) is 5.22. The van der Waals surface area contributed by atoms with Crippen molar-refractivity contribution in [2.75, 3.05) is 14.2 Å². The lowest BCUT2D eigenvalue weighted by atomic mass is 9.99. The first kappa shape index (κ1) is 23.2. The van der Waals surface area contributed by atoms with Crippen LogP contribution in [0.25, 0.3) is 28.0 Å². The molecule has 1 heterocycles. The molecule has 0 aliphatic heterocycles. The minimum absolute atomic E-state index is 0.0279. The van der Waals surface area contributed by atoms with E-state index in [-0.39, 0.29) is 50.5 Å². The van der Waals surface area contributed by atoms with Crippen LogP contribution in [-0.2, 0) is 6.42 Å². The van der Waals surface area contributed by atoms with Crippen LogP contribution >= 0.6 is 0 Å². The number of aliphatic hydroxyl groups is 1. The molecule has 0 aliphatic carbocycles. The van der Waals surface area contributed by atoms with Gasteiger partial charge in [0.1, 0.15) is 28.1 Å². The van der Waals surface area contributed by atoms with Crippen molar-refractivity contribution in [3.8, 4) is 23.0 Å². The van der Waals surface area contributed by atoms with Gasteiger partial charge in [0, 0.05) is 17.7 Å². The lowest BCUT2D eigenvalue weighted by molar-refractivity contribution is 0.134. The number of hydrogen-bond donors (Lipinski definition) is 3. The third-order valence-corrected chi connectivity index (χ3v) is 5.06. The van der Waals surface area contributed by atoms with E-state index in [0.717, 1.165) is 5.57 Å². The number of fused-ring (bicyclic) bond motifs is 2. The van der Waals surface area contributed by atoms with Crippen LogP contribution in [0, 0.1) is 0 Å². The Morgan fingerprint density at radius 3 is 2.31 bits per heavy atom. The summed E-state index contributed by atoms with van der Waals surface area (Å²) in [5.41, 5.74) is 0.404. The summed E-state index contributed by atoms with van der Waals surface area (Å²) in [5, 5.41) is 31.7. The normalized spacial score (nSPS) is 12.0. The van der Waals surface area contributed by atoms with Crippen molar-refractivity contribution >= 4 is 28.0 Å². The molecular weight excluding hydrogens is 412 g/mol. The molecule has 7 heteroatoms. The minimum Gasteiger partial charge on any atom is -0.506 e. The number of hydrogen-bond acceptors (Lipinski definition) is 7. The quantitative estimate of drug-likeness (QED) is 0.377. The molecule has 0 spiro atoms. The molecule has 0 bridgehead atoms. The van der Waals surface area contributed by atoms with E-state index in [2.05, 4.69) is 0 Å². The van der Waals surface area contributed by atoms with Crippen molar-refractivity contribution in [3.05, 3.63) is 51.2 Å². The van der Waals surface area contributed by atoms with Crippen molar-refractivity contribution in [2.24, 2.45) is 0 Å². The molecule has 3 N–H and O–H groups in total. The Hall–Kier alpha value is -3.45. The van der Waals surface area contributed by atoms with Crippen LogP contribution in [0.1, 0.15) is 38.8 Å². The van der Waals surface area contributed by atoms with Gasteiger partial charge in [-0.15, -0.1) is 0 Å². The summed E-state index contributed by atoms with van der Waals surface area (Å²) in [6.45, 7) is 7.03. The molecule has 2 aromatic carbocycles. The molecule has 0 amide bonds. The van der Waals surface area contributed by atoms with Crippen molar-refractivity contribution < 1.29 is 29.2 Å². The number of phenols is 2. The lowest BCUT2D eigenvalue weighted by Crippen LogP contribution is -2.13. The van der Waals surface area contributed by atoms with E-state index in [1.165, 1.54) is 38.5 Å². The highest BCUT2D eigenvalue weighted by atomic mass is 16.5. The second-order valence-corrected chi connectivity index (χ2v) is 8.40. The van der Waals surface area contributed by atoms with Gasteiger partial charge in [-0.1, -0.05) is 17.7 Å². The Kier molecular flexibility index (Phi) is 6.23. The predicted molar refractivity (Wildman–Crippen MR) is 125 cm³/mol. The Morgan fingerprint density at radius 1 is 1.09 bits per heavy atom. The average Bonchev–Trinajstić information content (AvgIpc) is 2.69. The van der Waals surface area contributed by atoms with E-state index in [4.69, 9.17) is 13.9 Å². The van der Waals surface area contributed by atoms with Crippen LogP contribution in [0.4, 0.5) is 0 Å². The molecule has 32 heavy (non-hydrogen) atoms. The molecule has 0 radical (unpaired) electrons. The van der Waals surface area contributed by atoms with E-state index in [1.54, 1.807) is 13.8 Å². The largest absolute Gasteiger partial charge is 0.506 e. The van der Waals surface area contributed by atoms with Crippen molar-refractivity contribution in [1.82, 2.24) is 0 Å². The van der Waals surface area contributed by atoms with E-state index in [1.807, 2.05) is 19.9 Å². The third kappa shape index (κ3) is 4.29. The molecule has 0 saturated heterocycles. The molecule has 0 unspecified atom stereocenters. The lowest BCUT2D eigenvalue weighted by Gasteiger charge is -2.15. The zero-order valence-electron chi connectivity index (χ0n) is 19.1. The maximum absolute atomic E-state index is 13.6. The van der Waals surface area contributed by atoms with Crippen LogP contribution < -0.4 is 14.9 Å². The summed E-state index contributed by atoms with van der Waals surface area (Å²) in [4.78, 5) is 13.6. The fraction of sp³-hybridized carbons (Fsp3) is 0.320. The smallest absolute Gasteiger partial charge is 0.204 e. The summed E-state index contributed by atoms with van der Waals surface area (Å²) < 4.78 is 16.7. The molecule has 0 aliphatic rings. The van der Waals surface area contributed by atoms with E-state index in [0.29, 0.717) is 12.0 Å².